The van der Waals surface area contributed by atoms with Gasteiger partial charge in [-0.15, -0.1) is 0 Å². The number of carbonyl (C=O) groups excluding carboxylic acids is 1. The van der Waals surface area contributed by atoms with Crippen LogP contribution in [0, 0.1) is 5.92 Å². The zero-order chi connectivity index (χ0) is 12.8. The SMILES string of the molecule is CC1CCC(N(CCOC(C)C)C(N)=O)CC1. The van der Waals surface area contributed by atoms with E-state index in [1.54, 1.807) is 4.90 Å². The highest BCUT2D eigenvalue weighted by molar-refractivity contribution is 5.72. The molecule has 1 rings (SSSR count). The van der Waals surface area contributed by atoms with Gasteiger partial charge in [0.2, 0.25) is 0 Å². The van der Waals surface area contributed by atoms with E-state index in [9.17, 15) is 4.79 Å². The summed E-state index contributed by atoms with van der Waals surface area (Å²) in [6, 6.07) is 0.0105. The molecule has 2 N–H and O–H groups in total. The molecule has 4 heteroatoms. The maximum Gasteiger partial charge on any atom is 0.315 e. The van der Waals surface area contributed by atoms with Crippen molar-refractivity contribution in [3.8, 4) is 0 Å². The minimum absolute atomic E-state index is 0.205. The molecule has 1 fully saturated rings. The fraction of sp³-hybridized carbons (Fsp3) is 0.923. The molecule has 1 aliphatic carbocycles. The fourth-order valence-electron chi connectivity index (χ4n) is 2.41. The Morgan fingerprint density at radius 1 is 1.35 bits per heavy atom. The lowest BCUT2D eigenvalue weighted by atomic mass is 9.86. The summed E-state index contributed by atoms with van der Waals surface area (Å²) in [6.07, 6.45) is 4.74. The Morgan fingerprint density at radius 2 is 1.94 bits per heavy atom. The first kappa shape index (κ1) is 14.3. The molecule has 0 aromatic rings. The Labute approximate surface area is 104 Å². The highest BCUT2D eigenvalue weighted by Crippen LogP contribution is 2.26. The van der Waals surface area contributed by atoms with Crippen LogP contribution in [0.5, 0.6) is 0 Å². The van der Waals surface area contributed by atoms with Gasteiger partial charge in [-0.2, -0.15) is 0 Å². The molecule has 0 aromatic heterocycles. The number of nitrogens with two attached hydrogens (primary N) is 1. The molecule has 0 aromatic carbocycles. The van der Waals surface area contributed by atoms with Crippen LogP contribution in [0.25, 0.3) is 0 Å². The van der Waals surface area contributed by atoms with Crippen molar-refractivity contribution < 1.29 is 9.53 Å². The first-order chi connectivity index (χ1) is 8.00. The number of carbonyl (C=O) groups is 1. The molecule has 17 heavy (non-hydrogen) atoms. The van der Waals surface area contributed by atoms with Gasteiger partial charge in [0.15, 0.2) is 0 Å². The minimum Gasteiger partial charge on any atom is -0.377 e. The van der Waals surface area contributed by atoms with E-state index >= 15 is 0 Å². The number of primary amides is 1. The third-order valence-electron chi connectivity index (χ3n) is 3.49. The Bertz CT molecular complexity index is 236. The van der Waals surface area contributed by atoms with Crippen LogP contribution >= 0.6 is 0 Å². The van der Waals surface area contributed by atoms with Crippen molar-refractivity contribution in [3.63, 3.8) is 0 Å². The Balaban J connectivity index is 2.40. The molecule has 0 spiro atoms. The van der Waals surface area contributed by atoms with Gasteiger partial charge in [-0.05, 0) is 45.4 Å². The van der Waals surface area contributed by atoms with Crippen molar-refractivity contribution in [2.24, 2.45) is 11.7 Å². The van der Waals surface area contributed by atoms with Crippen LogP contribution in [-0.4, -0.2) is 36.2 Å². The van der Waals surface area contributed by atoms with E-state index < -0.39 is 0 Å². The van der Waals surface area contributed by atoms with E-state index in [2.05, 4.69) is 6.92 Å². The molecule has 2 amide bonds. The Morgan fingerprint density at radius 3 is 2.41 bits per heavy atom. The number of hydrogen-bond acceptors (Lipinski definition) is 2. The average Bonchev–Trinajstić information content (AvgIpc) is 2.25. The largest absolute Gasteiger partial charge is 0.377 e. The summed E-state index contributed by atoms with van der Waals surface area (Å²) in [5.74, 6) is 0.785. The zero-order valence-corrected chi connectivity index (χ0v) is 11.3. The van der Waals surface area contributed by atoms with Crippen molar-refractivity contribution >= 4 is 6.03 Å². The lowest BCUT2D eigenvalue weighted by molar-refractivity contribution is 0.0529. The molecule has 4 nitrogen and oxygen atoms in total. The molecule has 0 saturated heterocycles. The van der Waals surface area contributed by atoms with Crippen LogP contribution in [0.1, 0.15) is 46.5 Å². The maximum atomic E-state index is 11.4. The fourth-order valence-corrected chi connectivity index (χ4v) is 2.41. The first-order valence-corrected chi connectivity index (χ1v) is 6.68. The van der Waals surface area contributed by atoms with E-state index in [4.69, 9.17) is 10.5 Å². The van der Waals surface area contributed by atoms with Crippen molar-refractivity contribution in [2.75, 3.05) is 13.2 Å². The van der Waals surface area contributed by atoms with E-state index in [1.807, 2.05) is 13.8 Å². The van der Waals surface area contributed by atoms with Crippen molar-refractivity contribution in [1.82, 2.24) is 4.90 Å². The molecule has 0 unspecified atom stereocenters. The molecular weight excluding hydrogens is 216 g/mol. The number of amides is 2. The van der Waals surface area contributed by atoms with Gasteiger partial charge in [0, 0.05) is 12.6 Å². The zero-order valence-electron chi connectivity index (χ0n) is 11.3. The number of nitrogens with zero attached hydrogens (tertiary/aromatic N) is 1. The number of rotatable bonds is 5. The topological polar surface area (TPSA) is 55.6 Å². The number of ether oxygens (including phenoxy) is 1. The lowest BCUT2D eigenvalue weighted by Crippen LogP contribution is -2.46. The summed E-state index contributed by atoms with van der Waals surface area (Å²) < 4.78 is 5.48. The second kappa shape index (κ2) is 6.84. The Kier molecular flexibility index (Phi) is 5.75. The second-order valence-electron chi connectivity index (χ2n) is 5.36. The number of hydrogen-bond donors (Lipinski definition) is 1. The van der Waals surface area contributed by atoms with E-state index in [-0.39, 0.29) is 12.1 Å². The third-order valence-corrected chi connectivity index (χ3v) is 3.49. The monoisotopic (exact) mass is 242 g/mol. The van der Waals surface area contributed by atoms with E-state index in [0.717, 1.165) is 18.8 Å². The molecular formula is C13H26N2O2. The summed E-state index contributed by atoms with van der Waals surface area (Å²) in [6.45, 7) is 7.46. The summed E-state index contributed by atoms with van der Waals surface area (Å²) in [7, 11) is 0. The van der Waals surface area contributed by atoms with Gasteiger partial charge in [-0.3, -0.25) is 0 Å². The molecule has 100 valence electrons. The van der Waals surface area contributed by atoms with Gasteiger partial charge >= 0.3 is 6.03 Å². The molecule has 1 saturated carbocycles. The van der Waals surface area contributed by atoms with Crippen LogP contribution in [0.2, 0.25) is 0 Å². The van der Waals surface area contributed by atoms with E-state index in [1.165, 1.54) is 12.8 Å². The number of urea groups is 1. The van der Waals surface area contributed by atoms with Crippen LogP contribution in [0.4, 0.5) is 4.79 Å². The molecule has 1 aliphatic rings. The average molecular weight is 242 g/mol. The smallest absolute Gasteiger partial charge is 0.315 e. The summed E-state index contributed by atoms with van der Waals surface area (Å²) >= 11 is 0. The van der Waals surface area contributed by atoms with Crippen LogP contribution < -0.4 is 5.73 Å². The van der Waals surface area contributed by atoms with Crippen LogP contribution in [0.3, 0.4) is 0 Å². The standard InChI is InChI=1S/C13H26N2O2/c1-10(2)17-9-8-15(13(14)16)12-6-4-11(3)5-7-12/h10-12H,4-9H2,1-3H3,(H2,14,16). The van der Waals surface area contributed by atoms with Gasteiger partial charge in [0.25, 0.3) is 0 Å². The van der Waals surface area contributed by atoms with Crippen molar-refractivity contribution in [2.45, 2.75) is 58.6 Å². The predicted octanol–water partition coefficient (Wildman–Crippen LogP) is 2.37. The first-order valence-electron chi connectivity index (χ1n) is 6.68. The van der Waals surface area contributed by atoms with Crippen molar-refractivity contribution in [1.29, 1.82) is 0 Å². The van der Waals surface area contributed by atoms with Gasteiger partial charge in [-0.1, -0.05) is 6.92 Å². The molecule has 0 radical (unpaired) electrons. The predicted molar refractivity (Wildman–Crippen MR) is 68.8 cm³/mol. The maximum absolute atomic E-state index is 11.4. The van der Waals surface area contributed by atoms with Gasteiger partial charge in [0.1, 0.15) is 0 Å². The van der Waals surface area contributed by atoms with Gasteiger partial charge in [-0.25, -0.2) is 4.79 Å². The van der Waals surface area contributed by atoms with Crippen LogP contribution in [0.15, 0.2) is 0 Å². The van der Waals surface area contributed by atoms with E-state index in [0.29, 0.717) is 19.2 Å². The Hall–Kier alpha value is -0.770. The molecule has 0 atom stereocenters. The third kappa shape index (κ3) is 4.94. The molecule has 0 bridgehead atoms. The van der Waals surface area contributed by atoms with Crippen LogP contribution in [-0.2, 0) is 4.74 Å². The highest BCUT2D eigenvalue weighted by atomic mass is 16.5. The van der Waals surface area contributed by atoms with Gasteiger partial charge < -0.3 is 15.4 Å². The molecule has 0 aliphatic heterocycles. The normalized spacial score (nSPS) is 24.9. The summed E-state index contributed by atoms with van der Waals surface area (Å²) in [4.78, 5) is 13.2. The van der Waals surface area contributed by atoms with Gasteiger partial charge in [0.05, 0.1) is 12.7 Å². The quantitative estimate of drug-likeness (QED) is 0.804. The van der Waals surface area contributed by atoms with Crippen molar-refractivity contribution in [3.05, 3.63) is 0 Å². The molecule has 0 heterocycles. The second-order valence-corrected chi connectivity index (χ2v) is 5.36. The highest BCUT2D eigenvalue weighted by Gasteiger charge is 2.25. The summed E-state index contributed by atoms with van der Waals surface area (Å²) in [5.41, 5.74) is 5.45. The minimum atomic E-state index is -0.308. The summed E-state index contributed by atoms with van der Waals surface area (Å²) in [5, 5.41) is 0. The lowest BCUT2D eigenvalue weighted by Gasteiger charge is -2.35.